The Morgan fingerprint density at radius 2 is 2.41 bits per heavy atom. The van der Waals surface area contributed by atoms with Crippen molar-refractivity contribution in [3.05, 3.63) is 34.8 Å². The van der Waals surface area contributed by atoms with Gasteiger partial charge >= 0.3 is 0 Å². The number of H-pyrrole nitrogens is 1. The molecular formula is C15H18N4O2S. The van der Waals surface area contributed by atoms with Gasteiger partial charge in [-0.15, -0.1) is 0 Å². The fourth-order valence-corrected chi connectivity index (χ4v) is 3.15. The molecule has 0 bridgehead atoms. The highest BCUT2D eigenvalue weighted by Gasteiger charge is 2.45. The van der Waals surface area contributed by atoms with Crippen LogP contribution in [0.25, 0.3) is 0 Å². The van der Waals surface area contributed by atoms with Crippen LogP contribution in [-0.4, -0.2) is 27.2 Å². The van der Waals surface area contributed by atoms with Crippen LogP contribution in [0.15, 0.2) is 22.8 Å². The maximum atomic E-state index is 12.1. The molecule has 116 valence electrons. The molecule has 2 aliphatic rings. The Morgan fingerprint density at radius 3 is 3.14 bits per heavy atom. The first-order valence-corrected chi connectivity index (χ1v) is 8.11. The molecule has 0 aliphatic heterocycles. The third kappa shape index (κ3) is 2.61. The Kier molecular flexibility index (Phi) is 3.37. The number of nitrogens with zero attached hydrogens (tertiary/aromatic N) is 2. The van der Waals surface area contributed by atoms with Crippen LogP contribution in [0.5, 0.6) is 0 Å². The summed E-state index contributed by atoms with van der Waals surface area (Å²) in [5.41, 5.74) is 0. The Labute approximate surface area is 132 Å². The molecule has 2 saturated carbocycles. The van der Waals surface area contributed by atoms with Crippen molar-refractivity contribution in [2.45, 2.75) is 37.6 Å². The number of aromatic amines is 1. The van der Waals surface area contributed by atoms with Gasteiger partial charge in [0.1, 0.15) is 11.6 Å². The largest absolute Gasteiger partial charge is 0.469 e. The smallest absolute Gasteiger partial charge is 0.223 e. The van der Waals surface area contributed by atoms with E-state index < -0.39 is 0 Å². The number of hydrogen-bond acceptors (Lipinski definition) is 4. The summed E-state index contributed by atoms with van der Waals surface area (Å²) in [6, 6.07) is 3.80. The molecule has 0 radical (unpaired) electrons. The number of rotatable bonds is 6. The van der Waals surface area contributed by atoms with Crippen molar-refractivity contribution >= 4 is 18.1 Å². The Hall–Kier alpha value is -1.89. The summed E-state index contributed by atoms with van der Waals surface area (Å²) >= 11 is 5.26. The van der Waals surface area contributed by atoms with E-state index in [9.17, 15) is 4.79 Å². The highest BCUT2D eigenvalue weighted by molar-refractivity contribution is 7.71. The summed E-state index contributed by atoms with van der Waals surface area (Å²) in [7, 11) is 0. The van der Waals surface area contributed by atoms with E-state index in [0.717, 1.165) is 18.0 Å². The Bertz CT molecular complexity index is 729. The van der Waals surface area contributed by atoms with E-state index in [1.165, 1.54) is 12.8 Å². The summed E-state index contributed by atoms with van der Waals surface area (Å²) in [6.45, 7) is 1.25. The van der Waals surface area contributed by atoms with Crippen LogP contribution in [0.4, 0.5) is 0 Å². The minimum Gasteiger partial charge on any atom is -0.469 e. The summed E-state index contributed by atoms with van der Waals surface area (Å²) in [4.78, 5) is 12.1. The molecule has 2 aromatic heterocycles. The molecule has 22 heavy (non-hydrogen) atoms. The first-order valence-electron chi connectivity index (χ1n) is 7.70. The molecule has 7 heteroatoms. The van der Waals surface area contributed by atoms with E-state index in [4.69, 9.17) is 16.6 Å². The first kappa shape index (κ1) is 13.8. The molecule has 6 nitrogen and oxygen atoms in total. The van der Waals surface area contributed by atoms with Gasteiger partial charge in [-0.05, 0) is 43.6 Å². The molecule has 2 atom stereocenters. The van der Waals surface area contributed by atoms with Crippen LogP contribution in [0.1, 0.15) is 42.7 Å². The minimum absolute atomic E-state index is 0.0476. The molecular weight excluding hydrogens is 300 g/mol. The van der Waals surface area contributed by atoms with Crippen LogP contribution in [0, 0.1) is 10.7 Å². The van der Waals surface area contributed by atoms with Crippen molar-refractivity contribution < 1.29 is 9.21 Å². The van der Waals surface area contributed by atoms with E-state index in [2.05, 4.69) is 15.5 Å². The monoisotopic (exact) mass is 318 g/mol. The van der Waals surface area contributed by atoms with Crippen molar-refractivity contribution in [3.63, 3.8) is 0 Å². The summed E-state index contributed by atoms with van der Waals surface area (Å²) < 4.78 is 8.00. The van der Waals surface area contributed by atoms with Crippen molar-refractivity contribution in [2.24, 2.45) is 5.92 Å². The molecule has 0 saturated heterocycles. The molecule has 1 amide bonds. The predicted octanol–water partition coefficient (Wildman–Crippen LogP) is 2.33. The lowest BCUT2D eigenvalue weighted by molar-refractivity contribution is -0.122. The molecule has 2 heterocycles. The number of aromatic nitrogens is 3. The predicted molar refractivity (Wildman–Crippen MR) is 82.0 cm³/mol. The van der Waals surface area contributed by atoms with Crippen LogP contribution < -0.4 is 5.32 Å². The van der Waals surface area contributed by atoms with Gasteiger partial charge in [0.25, 0.3) is 0 Å². The lowest BCUT2D eigenvalue weighted by Gasteiger charge is -2.07. The van der Waals surface area contributed by atoms with Gasteiger partial charge in [0.15, 0.2) is 4.77 Å². The highest BCUT2D eigenvalue weighted by Crippen LogP contribution is 2.47. The molecule has 0 spiro atoms. The zero-order valence-corrected chi connectivity index (χ0v) is 12.9. The second kappa shape index (κ2) is 5.39. The normalized spacial score (nSPS) is 23.5. The number of nitrogens with one attached hydrogen (secondary N) is 2. The minimum atomic E-state index is 0.0476. The van der Waals surface area contributed by atoms with Crippen LogP contribution >= 0.6 is 12.2 Å². The van der Waals surface area contributed by atoms with E-state index in [1.54, 1.807) is 6.26 Å². The van der Waals surface area contributed by atoms with Gasteiger partial charge in [-0.1, -0.05) is 0 Å². The summed E-state index contributed by atoms with van der Waals surface area (Å²) in [5, 5.41) is 10.1. The van der Waals surface area contributed by atoms with Crippen molar-refractivity contribution in [2.75, 3.05) is 6.54 Å². The molecule has 0 aromatic carbocycles. The van der Waals surface area contributed by atoms with E-state index in [0.29, 0.717) is 23.8 Å². The van der Waals surface area contributed by atoms with Gasteiger partial charge in [-0.3, -0.25) is 9.89 Å². The first-order chi connectivity index (χ1) is 10.7. The number of carbonyl (C=O) groups excluding carboxylic acids is 1. The zero-order valence-electron chi connectivity index (χ0n) is 12.1. The van der Waals surface area contributed by atoms with Crippen molar-refractivity contribution in [3.8, 4) is 0 Å². The van der Waals surface area contributed by atoms with E-state index >= 15 is 0 Å². The maximum absolute atomic E-state index is 12.1. The topological polar surface area (TPSA) is 75.8 Å². The van der Waals surface area contributed by atoms with Crippen molar-refractivity contribution in [1.29, 1.82) is 0 Å². The van der Waals surface area contributed by atoms with Gasteiger partial charge in [0.2, 0.25) is 5.91 Å². The molecule has 2 N–H and O–H groups in total. The fourth-order valence-electron chi connectivity index (χ4n) is 2.92. The van der Waals surface area contributed by atoms with Crippen LogP contribution in [0.2, 0.25) is 0 Å². The van der Waals surface area contributed by atoms with Crippen molar-refractivity contribution in [1.82, 2.24) is 20.1 Å². The second-order valence-electron chi connectivity index (χ2n) is 6.07. The summed E-state index contributed by atoms with van der Waals surface area (Å²) in [6.07, 6.45) is 4.89. The summed E-state index contributed by atoms with van der Waals surface area (Å²) in [5.74, 6) is 2.87. The van der Waals surface area contributed by atoms with Gasteiger partial charge < -0.3 is 14.3 Å². The Morgan fingerprint density at radius 1 is 1.55 bits per heavy atom. The van der Waals surface area contributed by atoms with Gasteiger partial charge in [0, 0.05) is 30.8 Å². The molecule has 2 aliphatic carbocycles. The number of hydrogen-bond donors (Lipinski definition) is 2. The van der Waals surface area contributed by atoms with Crippen LogP contribution in [0.3, 0.4) is 0 Å². The SMILES string of the molecule is O=C(NCCn1c(C2CC2)n[nH]c1=S)C1CC1c1ccco1. The average molecular weight is 318 g/mol. The number of amides is 1. The molecule has 2 fully saturated rings. The second-order valence-corrected chi connectivity index (χ2v) is 6.45. The molecule has 2 unspecified atom stereocenters. The quantitative estimate of drug-likeness (QED) is 0.802. The van der Waals surface area contributed by atoms with Gasteiger partial charge in [-0.25, -0.2) is 0 Å². The highest BCUT2D eigenvalue weighted by atomic mass is 32.1. The maximum Gasteiger partial charge on any atom is 0.223 e. The lowest BCUT2D eigenvalue weighted by atomic mass is 10.2. The van der Waals surface area contributed by atoms with Gasteiger partial charge in [-0.2, -0.15) is 5.10 Å². The Balaban J connectivity index is 1.30. The lowest BCUT2D eigenvalue weighted by Crippen LogP contribution is -2.29. The third-order valence-corrected chi connectivity index (χ3v) is 4.71. The third-order valence-electron chi connectivity index (χ3n) is 4.40. The zero-order chi connectivity index (χ0) is 15.1. The van der Waals surface area contributed by atoms with E-state index in [1.807, 2.05) is 16.7 Å². The van der Waals surface area contributed by atoms with Gasteiger partial charge in [0.05, 0.1) is 6.26 Å². The number of carbonyl (C=O) groups is 1. The molecule has 4 rings (SSSR count). The van der Waals surface area contributed by atoms with E-state index in [-0.39, 0.29) is 17.7 Å². The average Bonchev–Trinajstić information content (AvgIpc) is 3.43. The standard InChI is InChI=1S/C15H18N4O2S/c20-14(11-8-10(11)12-2-1-7-21-12)16-5-6-19-13(9-3-4-9)17-18-15(19)22/h1-2,7,9-11H,3-6,8H2,(H,16,20)(H,18,22). The fraction of sp³-hybridized carbons (Fsp3) is 0.533. The number of furan rings is 1. The van der Waals surface area contributed by atoms with Crippen LogP contribution in [-0.2, 0) is 11.3 Å². The molecule has 2 aromatic rings.